The van der Waals surface area contributed by atoms with Crippen molar-refractivity contribution in [2.75, 3.05) is 0 Å². The SMILES string of the molecule is C/C=C(\C)c1nnc(-c2ccc(COc3ccccc3)o2)o1. The van der Waals surface area contributed by atoms with Gasteiger partial charge in [-0.2, -0.15) is 0 Å². The van der Waals surface area contributed by atoms with E-state index in [9.17, 15) is 0 Å². The second-order valence-corrected chi connectivity index (χ2v) is 4.75. The quantitative estimate of drug-likeness (QED) is 0.701. The smallest absolute Gasteiger partial charge is 0.283 e. The first-order valence-corrected chi connectivity index (χ1v) is 7.00. The predicted molar refractivity (Wildman–Crippen MR) is 82.1 cm³/mol. The molecule has 5 nitrogen and oxygen atoms in total. The lowest BCUT2D eigenvalue weighted by Crippen LogP contribution is -1.92. The minimum Gasteiger partial charge on any atom is -0.486 e. The highest BCUT2D eigenvalue weighted by Gasteiger charge is 2.13. The highest BCUT2D eigenvalue weighted by molar-refractivity contribution is 5.56. The summed E-state index contributed by atoms with van der Waals surface area (Å²) in [4.78, 5) is 0. The van der Waals surface area contributed by atoms with Crippen molar-refractivity contribution in [3.05, 3.63) is 60.2 Å². The van der Waals surface area contributed by atoms with Crippen molar-refractivity contribution in [2.45, 2.75) is 20.5 Å². The summed E-state index contributed by atoms with van der Waals surface area (Å²) < 4.78 is 16.9. The van der Waals surface area contributed by atoms with E-state index in [1.807, 2.05) is 56.3 Å². The molecule has 2 heterocycles. The van der Waals surface area contributed by atoms with Gasteiger partial charge in [0.1, 0.15) is 18.1 Å². The zero-order chi connectivity index (χ0) is 15.4. The molecule has 0 N–H and O–H groups in total. The molecule has 0 aliphatic heterocycles. The maximum Gasteiger partial charge on any atom is 0.283 e. The van der Waals surface area contributed by atoms with Crippen molar-refractivity contribution in [2.24, 2.45) is 0 Å². The molecule has 0 spiro atoms. The average molecular weight is 296 g/mol. The molecule has 0 bridgehead atoms. The second-order valence-electron chi connectivity index (χ2n) is 4.75. The number of para-hydroxylation sites is 1. The van der Waals surface area contributed by atoms with Gasteiger partial charge in [0.15, 0.2) is 5.76 Å². The summed E-state index contributed by atoms with van der Waals surface area (Å²) in [5, 5.41) is 7.98. The minimum atomic E-state index is 0.346. The third kappa shape index (κ3) is 3.09. The van der Waals surface area contributed by atoms with Crippen molar-refractivity contribution >= 4 is 5.57 Å². The number of rotatable bonds is 5. The number of furan rings is 1. The van der Waals surface area contributed by atoms with Crippen molar-refractivity contribution < 1.29 is 13.6 Å². The van der Waals surface area contributed by atoms with Crippen molar-refractivity contribution in [1.29, 1.82) is 0 Å². The van der Waals surface area contributed by atoms with Gasteiger partial charge >= 0.3 is 0 Å². The Hall–Kier alpha value is -2.82. The summed E-state index contributed by atoms with van der Waals surface area (Å²) >= 11 is 0. The predicted octanol–water partition coefficient (Wildman–Crippen LogP) is 4.33. The number of allylic oxidation sites excluding steroid dienone is 2. The molecule has 5 heteroatoms. The average Bonchev–Trinajstić information content (AvgIpc) is 3.22. The van der Waals surface area contributed by atoms with Gasteiger partial charge in [0, 0.05) is 5.57 Å². The first kappa shape index (κ1) is 14.1. The third-order valence-electron chi connectivity index (χ3n) is 3.19. The van der Waals surface area contributed by atoms with E-state index in [0.29, 0.717) is 29.9 Å². The zero-order valence-corrected chi connectivity index (χ0v) is 12.4. The van der Waals surface area contributed by atoms with Crippen molar-refractivity contribution in [1.82, 2.24) is 10.2 Å². The second kappa shape index (κ2) is 6.30. The first-order valence-electron chi connectivity index (χ1n) is 7.00. The summed E-state index contributed by atoms with van der Waals surface area (Å²) in [7, 11) is 0. The van der Waals surface area contributed by atoms with E-state index in [4.69, 9.17) is 13.6 Å². The number of ether oxygens (including phenoxy) is 1. The Morgan fingerprint density at radius 2 is 1.91 bits per heavy atom. The molecule has 0 aliphatic rings. The van der Waals surface area contributed by atoms with Crippen LogP contribution in [0.5, 0.6) is 5.75 Å². The van der Waals surface area contributed by atoms with Crippen molar-refractivity contribution in [3.63, 3.8) is 0 Å². The van der Waals surface area contributed by atoms with Crippen molar-refractivity contribution in [3.8, 4) is 17.4 Å². The van der Waals surface area contributed by atoms with Crippen LogP contribution in [0.15, 0.2) is 57.4 Å². The zero-order valence-electron chi connectivity index (χ0n) is 12.4. The Kier molecular flexibility index (Phi) is 4.05. The van der Waals surface area contributed by atoms with Gasteiger partial charge in [-0.05, 0) is 38.1 Å². The standard InChI is InChI=1S/C17H16N2O3/c1-3-12(2)16-18-19-17(22-16)15-10-9-14(21-15)11-20-13-7-5-4-6-8-13/h3-10H,11H2,1-2H3/b12-3+. The molecular weight excluding hydrogens is 280 g/mol. The van der Waals surface area contributed by atoms with Crippen LogP contribution in [0, 0.1) is 0 Å². The molecule has 0 fully saturated rings. The summed E-state index contributed by atoms with van der Waals surface area (Å²) in [5.74, 6) is 2.89. The minimum absolute atomic E-state index is 0.346. The van der Waals surface area contributed by atoms with E-state index in [1.54, 1.807) is 6.07 Å². The fraction of sp³-hybridized carbons (Fsp3) is 0.176. The molecule has 2 aromatic heterocycles. The van der Waals surface area contributed by atoms with Gasteiger partial charge in [0.2, 0.25) is 5.89 Å². The van der Waals surface area contributed by atoms with Gasteiger partial charge < -0.3 is 13.6 Å². The van der Waals surface area contributed by atoms with Crippen LogP contribution >= 0.6 is 0 Å². The van der Waals surface area contributed by atoms with E-state index < -0.39 is 0 Å². The molecule has 0 atom stereocenters. The third-order valence-corrected chi connectivity index (χ3v) is 3.19. The molecular formula is C17H16N2O3. The van der Waals surface area contributed by atoms with E-state index >= 15 is 0 Å². The molecule has 1 aromatic carbocycles. The molecule has 0 saturated heterocycles. The van der Waals surface area contributed by atoms with Gasteiger partial charge in [0.05, 0.1) is 0 Å². The summed E-state index contributed by atoms with van der Waals surface area (Å²) in [5.41, 5.74) is 0.929. The van der Waals surface area contributed by atoms with Crippen LogP contribution in [0.25, 0.3) is 17.2 Å². The summed E-state index contributed by atoms with van der Waals surface area (Å²) in [6.45, 7) is 4.18. The molecule has 112 valence electrons. The lowest BCUT2D eigenvalue weighted by atomic mass is 10.3. The lowest BCUT2D eigenvalue weighted by molar-refractivity contribution is 0.271. The topological polar surface area (TPSA) is 61.3 Å². The van der Waals surface area contributed by atoms with Gasteiger partial charge in [-0.3, -0.25) is 0 Å². The van der Waals surface area contributed by atoms with E-state index in [2.05, 4.69) is 10.2 Å². The van der Waals surface area contributed by atoms with Gasteiger partial charge in [0.25, 0.3) is 5.89 Å². The van der Waals surface area contributed by atoms with Gasteiger partial charge in [-0.25, -0.2) is 0 Å². The highest BCUT2D eigenvalue weighted by Crippen LogP contribution is 2.24. The number of hydrogen-bond donors (Lipinski definition) is 0. The monoisotopic (exact) mass is 296 g/mol. The number of hydrogen-bond acceptors (Lipinski definition) is 5. The van der Waals surface area contributed by atoms with E-state index in [0.717, 1.165) is 11.3 Å². The number of aromatic nitrogens is 2. The summed E-state index contributed by atoms with van der Waals surface area (Å²) in [6, 6.07) is 13.2. The van der Waals surface area contributed by atoms with Crippen LogP contribution in [0.3, 0.4) is 0 Å². The molecule has 22 heavy (non-hydrogen) atoms. The molecule has 0 saturated carbocycles. The molecule has 0 radical (unpaired) electrons. The van der Waals surface area contributed by atoms with E-state index in [-0.39, 0.29) is 0 Å². The fourth-order valence-corrected chi connectivity index (χ4v) is 1.85. The summed E-state index contributed by atoms with van der Waals surface area (Å²) in [6.07, 6.45) is 1.92. The Morgan fingerprint density at radius 3 is 2.68 bits per heavy atom. The first-order chi connectivity index (χ1) is 10.8. The Labute approximate surface area is 128 Å². The molecule has 0 amide bonds. The van der Waals surface area contributed by atoms with Gasteiger partial charge in [-0.15, -0.1) is 10.2 Å². The van der Waals surface area contributed by atoms with Gasteiger partial charge in [-0.1, -0.05) is 24.3 Å². The Balaban J connectivity index is 1.70. The van der Waals surface area contributed by atoms with Crippen LogP contribution in [0.2, 0.25) is 0 Å². The maximum absolute atomic E-state index is 5.68. The van der Waals surface area contributed by atoms with Crippen LogP contribution in [-0.2, 0) is 6.61 Å². The Morgan fingerprint density at radius 1 is 1.09 bits per heavy atom. The number of benzene rings is 1. The highest BCUT2D eigenvalue weighted by atomic mass is 16.5. The van der Waals surface area contributed by atoms with Crippen LogP contribution < -0.4 is 4.74 Å². The molecule has 3 rings (SSSR count). The van der Waals surface area contributed by atoms with E-state index in [1.165, 1.54) is 0 Å². The molecule has 0 aliphatic carbocycles. The fourth-order valence-electron chi connectivity index (χ4n) is 1.85. The van der Waals surface area contributed by atoms with Crippen LogP contribution in [-0.4, -0.2) is 10.2 Å². The largest absolute Gasteiger partial charge is 0.486 e. The Bertz CT molecular complexity index is 772. The normalized spacial score (nSPS) is 11.6. The lowest BCUT2D eigenvalue weighted by Gasteiger charge is -2.02. The molecule has 3 aromatic rings. The maximum atomic E-state index is 5.68. The van der Waals surface area contributed by atoms with Crippen LogP contribution in [0.4, 0.5) is 0 Å². The van der Waals surface area contributed by atoms with Crippen LogP contribution in [0.1, 0.15) is 25.5 Å². The molecule has 0 unspecified atom stereocenters. The number of nitrogens with zero attached hydrogens (tertiary/aromatic N) is 2.